The molecule has 0 saturated heterocycles. The van der Waals surface area contributed by atoms with Crippen LogP contribution >= 0.6 is 0 Å². The van der Waals surface area contributed by atoms with Gasteiger partial charge in [-0.25, -0.2) is 26.4 Å². The summed E-state index contributed by atoms with van der Waals surface area (Å²) >= 11 is 0. The monoisotopic (exact) mass is 452 g/mol. The Morgan fingerprint density at radius 3 is 2.17 bits per heavy atom. The van der Waals surface area contributed by atoms with Gasteiger partial charge in [-0.3, -0.25) is 0 Å². The zero-order chi connectivity index (χ0) is 21.9. The van der Waals surface area contributed by atoms with Crippen LogP contribution in [-0.4, -0.2) is 36.1 Å². The minimum Gasteiger partial charge on any atom is -0.448 e. The van der Waals surface area contributed by atoms with Crippen molar-refractivity contribution >= 4 is 26.0 Å². The van der Waals surface area contributed by atoms with Gasteiger partial charge < -0.3 is 10.5 Å². The summed E-state index contributed by atoms with van der Waals surface area (Å²) < 4.78 is 96.0. The molecule has 0 heterocycles. The van der Waals surface area contributed by atoms with E-state index in [1.54, 1.807) is 10.8 Å². The molecule has 0 aliphatic rings. The maximum Gasteiger partial charge on any atom is 0.417 e. The van der Waals surface area contributed by atoms with Crippen molar-refractivity contribution < 1.29 is 39.5 Å². The molecule has 13 heteroatoms. The molecule has 2 aromatic carbocycles. The van der Waals surface area contributed by atoms with Crippen LogP contribution < -0.4 is 10.5 Å². The average Bonchev–Trinajstić information content (AvgIpc) is 2.64. The molecular formula is C16H15F3N2O6S2. The largest absolute Gasteiger partial charge is 0.448 e. The molecule has 0 aliphatic heterocycles. The van der Waals surface area contributed by atoms with Gasteiger partial charge in [-0.1, -0.05) is 18.2 Å². The lowest BCUT2D eigenvalue weighted by molar-refractivity contribution is -0.139. The first-order valence-corrected chi connectivity index (χ1v) is 10.8. The van der Waals surface area contributed by atoms with Crippen molar-refractivity contribution in [3.63, 3.8) is 0 Å². The summed E-state index contributed by atoms with van der Waals surface area (Å²) in [5.74, 6) is 0. The minimum absolute atomic E-state index is 0.217. The van der Waals surface area contributed by atoms with E-state index in [4.69, 9.17) is 5.73 Å². The molecule has 1 amide bonds. The molecule has 0 spiro atoms. The standard InChI is InChI=1S/C16H15F3N2O6S2/c17-16(18,19)13-7-6-12(28(23,24)11-4-2-1-3-5-11)10-14(13)29(25,26)21-8-9-27-15(20)22/h1-7,10,21H,8-9H2,(H2,20,22). The third-order valence-electron chi connectivity index (χ3n) is 3.55. The van der Waals surface area contributed by atoms with Crippen LogP contribution in [0.2, 0.25) is 0 Å². The van der Waals surface area contributed by atoms with Crippen molar-refractivity contribution in [1.29, 1.82) is 0 Å². The fourth-order valence-electron chi connectivity index (χ4n) is 2.27. The lowest BCUT2D eigenvalue weighted by Gasteiger charge is -2.15. The molecule has 0 saturated carbocycles. The van der Waals surface area contributed by atoms with Gasteiger partial charge in [0, 0.05) is 6.54 Å². The lowest BCUT2D eigenvalue weighted by atomic mass is 10.2. The first-order valence-electron chi connectivity index (χ1n) is 7.79. The van der Waals surface area contributed by atoms with E-state index in [2.05, 4.69) is 4.74 Å². The summed E-state index contributed by atoms with van der Waals surface area (Å²) in [5, 5.41) is 0. The van der Waals surface area contributed by atoms with Gasteiger partial charge in [-0.15, -0.1) is 0 Å². The molecule has 0 atom stereocenters. The highest BCUT2D eigenvalue weighted by atomic mass is 32.2. The van der Waals surface area contributed by atoms with Crippen LogP contribution in [0.25, 0.3) is 0 Å². The quantitative estimate of drug-likeness (QED) is 0.617. The maximum atomic E-state index is 13.3. The zero-order valence-corrected chi connectivity index (χ0v) is 16.1. The van der Waals surface area contributed by atoms with Crippen molar-refractivity contribution in [2.75, 3.05) is 13.2 Å². The number of hydrogen-bond acceptors (Lipinski definition) is 6. The summed E-state index contributed by atoms with van der Waals surface area (Å²) in [7, 11) is -9.07. The molecule has 2 rings (SSSR count). The van der Waals surface area contributed by atoms with Crippen molar-refractivity contribution in [1.82, 2.24) is 4.72 Å². The Bertz CT molecular complexity index is 1100. The fourth-order valence-corrected chi connectivity index (χ4v) is 4.91. The summed E-state index contributed by atoms with van der Waals surface area (Å²) in [6, 6.07) is 8.30. The number of carbonyl (C=O) groups is 1. The molecule has 158 valence electrons. The van der Waals surface area contributed by atoms with E-state index in [-0.39, 0.29) is 4.90 Å². The van der Waals surface area contributed by atoms with Crippen molar-refractivity contribution in [2.24, 2.45) is 5.73 Å². The second kappa shape index (κ2) is 8.39. The molecule has 0 fully saturated rings. The summed E-state index contributed by atoms with van der Waals surface area (Å²) in [5.41, 5.74) is 3.16. The molecule has 0 bridgehead atoms. The number of sulfone groups is 1. The van der Waals surface area contributed by atoms with Crippen molar-refractivity contribution in [2.45, 2.75) is 20.9 Å². The van der Waals surface area contributed by atoms with Crippen LogP contribution in [0.5, 0.6) is 0 Å². The molecule has 0 unspecified atom stereocenters. The Kier molecular flexibility index (Phi) is 6.55. The number of sulfonamides is 1. The van der Waals surface area contributed by atoms with E-state index in [9.17, 15) is 34.8 Å². The Balaban J connectivity index is 2.52. The van der Waals surface area contributed by atoms with Gasteiger partial charge in [-0.05, 0) is 30.3 Å². The molecule has 0 aliphatic carbocycles. The van der Waals surface area contributed by atoms with Crippen LogP contribution in [0.4, 0.5) is 18.0 Å². The molecule has 2 aromatic rings. The fraction of sp³-hybridized carbons (Fsp3) is 0.188. The van der Waals surface area contributed by atoms with E-state index in [1.165, 1.54) is 24.3 Å². The minimum atomic E-state index is -5.07. The second-order valence-electron chi connectivity index (χ2n) is 5.54. The van der Waals surface area contributed by atoms with Gasteiger partial charge in [0.25, 0.3) is 0 Å². The Hall–Kier alpha value is -2.64. The molecule has 3 N–H and O–H groups in total. The first-order chi connectivity index (χ1) is 13.4. The van der Waals surface area contributed by atoms with E-state index in [0.717, 1.165) is 0 Å². The summed E-state index contributed by atoms with van der Waals surface area (Å²) in [6.07, 6.45) is -6.26. The van der Waals surface area contributed by atoms with E-state index in [0.29, 0.717) is 18.2 Å². The predicted molar refractivity (Wildman–Crippen MR) is 94.1 cm³/mol. The Morgan fingerprint density at radius 2 is 1.62 bits per heavy atom. The highest BCUT2D eigenvalue weighted by Crippen LogP contribution is 2.36. The van der Waals surface area contributed by atoms with E-state index >= 15 is 0 Å². The Morgan fingerprint density at radius 1 is 1.00 bits per heavy atom. The molecule has 8 nitrogen and oxygen atoms in total. The van der Waals surface area contributed by atoms with Gasteiger partial charge in [0.05, 0.1) is 20.2 Å². The number of amides is 1. The van der Waals surface area contributed by atoms with E-state index < -0.39 is 60.6 Å². The second-order valence-corrected chi connectivity index (χ2v) is 9.22. The van der Waals surface area contributed by atoms with E-state index in [1.807, 2.05) is 0 Å². The number of nitrogens with one attached hydrogen (secondary N) is 1. The third kappa shape index (κ3) is 5.46. The lowest BCUT2D eigenvalue weighted by Crippen LogP contribution is -2.30. The number of carbonyl (C=O) groups excluding carboxylic acids is 1. The van der Waals surface area contributed by atoms with Crippen LogP contribution in [0.15, 0.2) is 63.2 Å². The molecule has 0 aromatic heterocycles. The van der Waals surface area contributed by atoms with Crippen molar-refractivity contribution in [3.05, 3.63) is 54.1 Å². The van der Waals surface area contributed by atoms with Crippen molar-refractivity contribution in [3.8, 4) is 0 Å². The number of alkyl halides is 3. The predicted octanol–water partition coefficient (Wildman–Crippen LogP) is 1.91. The Labute approximate surface area is 164 Å². The smallest absolute Gasteiger partial charge is 0.417 e. The van der Waals surface area contributed by atoms with Gasteiger partial charge in [-0.2, -0.15) is 13.2 Å². The van der Waals surface area contributed by atoms with Crippen LogP contribution in [0.3, 0.4) is 0 Å². The topological polar surface area (TPSA) is 133 Å². The SMILES string of the molecule is NC(=O)OCCNS(=O)(=O)c1cc(S(=O)(=O)c2ccccc2)ccc1C(F)(F)F. The molecular weight excluding hydrogens is 437 g/mol. The summed E-state index contributed by atoms with van der Waals surface area (Å²) in [6.45, 7) is -1.10. The molecule has 0 radical (unpaired) electrons. The third-order valence-corrected chi connectivity index (χ3v) is 6.82. The molecule has 29 heavy (non-hydrogen) atoms. The zero-order valence-electron chi connectivity index (χ0n) is 14.5. The van der Waals surface area contributed by atoms with Gasteiger partial charge in [0.1, 0.15) is 6.61 Å². The number of primary amides is 1. The maximum absolute atomic E-state index is 13.3. The summed E-state index contributed by atoms with van der Waals surface area (Å²) in [4.78, 5) is 8.35. The van der Waals surface area contributed by atoms with Gasteiger partial charge in [0.15, 0.2) is 0 Å². The first kappa shape index (κ1) is 22.6. The number of hydrogen-bond donors (Lipinski definition) is 2. The number of halogens is 3. The number of rotatable bonds is 7. The number of ether oxygens (including phenoxy) is 1. The van der Waals surface area contributed by atoms with Gasteiger partial charge >= 0.3 is 12.3 Å². The van der Waals surface area contributed by atoms with Crippen LogP contribution in [-0.2, 0) is 30.8 Å². The normalized spacial score (nSPS) is 12.5. The average molecular weight is 452 g/mol. The van der Waals surface area contributed by atoms with Crippen LogP contribution in [0, 0.1) is 0 Å². The van der Waals surface area contributed by atoms with Crippen LogP contribution in [0.1, 0.15) is 5.56 Å². The highest BCUT2D eigenvalue weighted by molar-refractivity contribution is 7.91. The number of benzene rings is 2. The number of nitrogens with two attached hydrogens (primary N) is 1. The highest BCUT2D eigenvalue weighted by Gasteiger charge is 2.38. The van der Waals surface area contributed by atoms with Gasteiger partial charge in [0.2, 0.25) is 19.9 Å².